The molecule has 1 atom stereocenters. The number of nitrogens with one attached hydrogen (secondary N) is 1. The maximum atomic E-state index is 13.7. The summed E-state index contributed by atoms with van der Waals surface area (Å²) in [6, 6.07) is 9.94. The van der Waals surface area contributed by atoms with Crippen LogP contribution in [0.15, 0.2) is 35.7 Å². The second-order valence-electron chi connectivity index (χ2n) is 4.80. The lowest BCUT2D eigenvalue weighted by atomic mass is 10.0. The van der Waals surface area contributed by atoms with E-state index in [1.54, 1.807) is 24.3 Å². The van der Waals surface area contributed by atoms with E-state index in [0.717, 1.165) is 24.9 Å². The van der Waals surface area contributed by atoms with E-state index in [1.807, 2.05) is 12.1 Å². The van der Waals surface area contributed by atoms with Gasteiger partial charge < -0.3 is 5.32 Å². The van der Waals surface area contributed by atoms with E-state index in [-0.39, 0.29) is 11.9 Å². The first-order valence-electron chi connectivity index (χ1n) is 6.72. The van der Waals surface area contributed by atoms with E-state index in [1.165, 1.54) is 4.88 Å². The largest absolute Gasteiger partial charge is 0.310 e. The summed E-state index contributed by atoms with van der Waals surface area (Å²) in [6.07, 6.45) is 2.00. The molecule has 3 heteroatoms. The van der Waals surface area contributed by atoms with E-state index >= 15 is 0 Å². The molecule has 0 aliphatic rings. The molecule has 1 unspecified atom stereocenters. The number of hydrogen-bond acceptors (Lipinski definition) is 2. The van der Waals surface area contributed by atoms with Crippen molar-refractivity contribution in [1.29, 1.82) is 0 Å². The van der Waals surface area contributed by atoms with Crippen molar-refractivity contribution in [2.24, 2.45) is 0 Å². The van der Waals surface area contributed by atoms with E-state index in [4.69, 9.17) is 0 Å². The average Bonchev–Trinajstić information content (AvgIpc) is 2.91. The van der Waals surface area contributed by atoms with Gasteiger partial charge in [-0.15, -0.1) is 11.3 Å². The van der Waals surface area contributed by atoms with Crippen molar-refractivity contribution in [1.82, 2.24) is 5.32 Å². The highest BCUT2D eigenvalue weighted by atomic mass is 32.1. The molecule has 0 spiro atoms. The summed E-state index contributed by atoms with van der Waals surface area (Å²) in [7, 11) is 0. The third-order valence-electron chi connectivity index (χ3n) is 3.22. The van der Waals surface area contributed by atoms with Crippen LogP contribution in [0.25, 0.3) is 0 Å². The Kier molecular flexibility index (Phi) is 5.11. The first-order chi connectivity index (χ1) is 9.20. The van der Waals surface area contributed by atoms with Gasteiger partial charge in [-0.05, 0) is 48.5 Å². The summed E-state index contributed by atoms with van der Waals surface area (Å²) in [6.45, 7) is 4.89. The van der Waals surface area contributed by atoms with Crippen molar-refractivity contribution < 1.29 is 4.39 Å². The highest BCUT2D eigenvalue weighted by Crippen LogP contribution is 2.23. The van der Waals surface area contributed by atoms with E-state index in [0.29, 0.717) is 5.56 Å². The molecule has 1 aromatic carbocycles. The Bertz CT molecular complexity index is 507. The van der Waals surface area contributed by atoms with Gasteiger partial charge in [0.05, 0.1) is 0 Å². The molecule has 1 N–H and O–H groups in total. The lowest BCUT2D eigenvalue weighted by Crippen LogP contribution is -2.24. The second-order valence-corrected chi connectivity index (χ2v) is 5.83. The molecule has 0 saturated heterocycles. The Hall–Kier alpha value is -1.19. The fourth-order valence-electron chi connectivity index (χ4n) is 2.08. The van der Waals surface area contributed by atoms with Crippen LogP contribution in [0.1, 0.15) is 35.4 Å². The Morgan fingerprint density at radius 3 is 2.79 bits per heavy atom. The Morgan fingerprint density at radius 1 is 1.32 bits per heavy atom. The summed E-state index contributed by atoms with van der Waals surface area (Å²) in [5.41, 5.74) is 1.74. The molecule has 1 aromatic heterocycles. The lowest BCUT2D eigenvalue weighted by Gasteiger charge is -2.19. The molecule has 0 bridgehead atoms. The van der Waals surface area contributed by atoms with E-state index < -0.39 is 0 Å². The molecule has 19 heavy (non-hydrogen) atoms. The zero-order valence-electron chi connectivity index (χ0n) is 11.4. The molecule has 102 valence electrons. The number of halogens is 1. The zero-order valence-corrected chi connectivity index (χ0v) is 12.3. The molecule has 0 aliphatic carbocycles. The fraction of sp³-hybridized carbons (Fsp3) is 0.375. The van der Waals surface area contributed by atoms with Gasteiger partial charge in [-0.3, -0.25) is 0 Å². The van der Waals surface area contributed by atoms with Crippen LogP contribution in [-0.2, 0) is 6.42 Å². The molecular weight excluding hydrogens is 257 g/mol. The molecular formula is C16H20FNS. The lowest BCUT2D eigenvalue weighted by molar-refractivity contribution is 0.526. The standard InChI is InChI=1S/C16H20FNS/c1-3-8-18-16(11-14-5-4-9-19-14)13-7-6-12(2)15(17)10-13/h4-7,9-10,16,18H,3,8,11H2,1-2H3. The first-order valence-corrected chi connectivity index (χ1v) is 7.60. The normalized spacial score (nSPS) is 12.6. The Balaban J connectivity index is 2.18. The number of hydrogen-bond donors (Lipinski definition) is 1. The molecule has 2 aromatic rings. The summed E-state index contributed by atoms with van der Waals surface area (Å²) >= 11 is 1.75. The monoisotopic (exact) mass is 277 g/mol. The number of thiophene rings is 1. The van der Waals surface area contributed by atoms with Gasteiger partial charge in [-0.25, -0.2) is 4.39 Å². The first kappa shape index (κ1) is 14.2. The summed E-state index contributed by atoms with van der Waals surface area (Å²) in [4.78, 5) is 1.33. The van der Waals surface area contributed by atoms with Crippen molar-refractivity contribution in [3.05, 3.63) is 57.5 Å². The van der Waals surface area contributed by atoms with E-state index in [9.17, 15) is 4.39 Å². The number of benzene rings is 1. The Morgan fingerprint density at radius 2 is 2.16 bits per heavy atom. The van der Waals surface area contributed by atoms with Crippen LogP contribution in [-0.4, -0.2) is 6.54 Å². The maximum absolute atomic E-state index is 13.7. The topological polar surface area (TPSA) is 12.0 Å². The molecule has 0 saturated carbocycles. The predicted molar refractivity (Wildman–Crippen MR) is 80.2 cm³/mol. The number of rotatable bonds is 6. The summed E-state index contributed by atoms with van der Waals surface area (Å²) in [5, 5.41) is 5.60. The van der Waals surface area contributed by atoms with Crippen molar-refractivity contribution in [2.45, 2.75) is 32.7 Å². The minimum absolute atomic E-state index is 0.119. The highest BCUT2D eigenvalue weighted by Gasteiger charge is 2.13. The van der Waals surface area contributed by atoms with Crippen LogP contribution in [0.4, 0.5) is 4.39 Å². The smallest absolute Gasteiger partial charge is 0.126 e. The van der Waals surface area contributed by atoms with Gasteiger partial charge in [0, 0.05) is 17.3 Å². The molecule has 0 amide bonds. The summed E-state index contributed by atoms with van der Waals surface area (Å²) in [5.74, 6) is -0.119. The van der Waals surface area contributed by atoms with Crippen molar-refractivity contribution in [2.75, 3.05) is 6.54 Å². The van der Waals surface area contributed by atoms with Crippen LogP contribution >= 0.6 is 11.3 Å². The Labute approximate surface area is 118 Å². The molecule has 2 rings (SSSR count). The van der Waals surface area contributed by atoms with Gasteiger partial charge in [0.1, 0.15) is 5.82 Å². The minimum atomic E-state index is -0.119. The van der Waals surface area contributed by atoms with Gasteiger partial charge in [-0.2, -0.15) is 0 Å². The molecule has 0 aliphatic heterocycles. The molecule has 0 fully saturated rings. The van der Waals surface area contributed by atoms with Crippen LogP contribution in [0.3, 0.4) is 0 Å². The van der Waals surface area contributed by atoms with Crippen LogP contribution in [0, 0.1) is 12.7 Å². The third kappa shape index (κ3) is 3.88. The maximum Gasteiger partial charge on any atom is 0.126 e. The number of aryl methyl sites for hydroxylation is 1. The molecule has 0 radical (unpaired) electrons. The van der Waals surface area contributed by atoms with Crippen molar-refractivity contribution in [3.8, 4) is 0 Å². The average molecular weight is 277 g/mol. The van der Waals surface area contributed by atoms with Crippen LogP contribution < -0.4 is 5.32 Å². The van der Waals surface area contributed by atoms with Gasteiger partial charge in [-0.1, -0.05) is 25.1 Å². The minimum Gasteiger partial charge on any atom is -0.310 e. The zero-order chi connectivity index (χ0) is 13.7. The van der Waals surface area contributed by atoms with Crippen molar-refractivity contribution in [3.63, 3.8) is 0 Å². The van der Waals surface area contributed by atoms with Gasteiger partial charge >= 0.3 is 0 Å². The second kappa shape index (κ2) is 6.83. The highest BCUT2D eigenvalue weighted by molar-refractivity contribution is 7.09. The third-order valence-corrected chi connectivity index (χ3v) is 4.12. The summed E-state index contributed by atoms with van der Waals surface area (Å²) < 4.78 is 13.7. The molecule has 1 heterocycles. The van der Waals surface area contributed by atoms with Gasteiger partial charge in [0.2, 0.25) is 0 Å². The van der Waals surface area contributed by atoms with Crippen molar-refractivity contribution >= 4 is 11.3 Å². The van der Waals surface area contributed by atoms with Crippen LogP contribution in [0.5, 0.6) is 0 Å². The quantitative estimate of drug-likeness (QED) is 0.821. The van der Waals surface area contributed by atoms with Gasteiger partial charge in [0.15, 0.2) is 0 Å². The predicted octanol–water partition coefficient (Wildman–Crippen LogP) is 4.48. The fourth-order valence-corrected chi connectivity index (χ4v) is 2.83. The SMILES string of the molecule is CCCNC(Cc1cccs1)c1ccc(C)c(F)c1. The molecule has 1 nitrogen and oxygen atoms in total. The van der Waals surface area contributed by atoms with Gasteiger partial charge in [0.25, 0.3) is 0 Å². The van der Waals surface area contributed by atoms with Crippen LogP contribution in [0.2, 0.25) is 0 Å². The van der Waals surface area contributed by atoms with E-state index in [2.05, 4.69) is 29.8 Å².